The van der Waals surface area contributed by atoms with Crippen molar-refractivity contribution in [1.82, 2.24) is 4.98 Å². The van der Waals surface area contributed by atoms with Gasteiger partial charge in [-0.25, -0.2) is 4.98 Å². The van der Waals surface area contributed by atoms with Crippen molar-refractivity contribution in [3.05, 3.63) is 65.7 Å². The third kappa shape index (κ3) is 2.48. The summed E-state index contributed by atoms with van der Waals surface area (Å²) < 4.78 is 0. The molecule has 0 amide bonds. The summed E-state index contributed by atoms with van der Waals surface area (Å²) in [5, 5.41) is 10.7. The van der Waals surface area contributed by atoms with Crippen LogP contribution in [0.1, 0.15) is 11.1 Å². The minimum Gasteiger partial charge on any atom is -0.392 e. The highest BCUT2D eigenvalue weighted by atomic mass is 16.3. The molecule has 106 valence electrons. The summed E-state index contributed by atoms with van der Waals surface area (Å²) in [6.07, 6.45) is 0. The normalized spacial score (nSPS) is 10.8. The first-order valence-corrected chi connectivity index (χ1v) is 6.99. The molecule has 1 aromatic heterocycles. The Balaban J connectivity index is 2.16. The van der Waals surface area contributed by atoms with Gasteiger partial charge in [-0.15, -0.1) is 0 Å². The van der Waals surface area contributed by atoms with Crippen molar-refractivity contribution in [3.8, 4) is 0 Å². The second-order valence-electron chi connectivity index (χ2n) is 5.17. The number of aryl methyl sites for hydroxylation is 1. The molecule has 0 saturated carbocycles. The molecule has 3 rings (SSSR count). The number of benzene rings is 2. The van der Waals surface area contributed by atoms with Crippen molar-refractivity contribution in [2.45, 2.75) is 13.5 Å². The number of rotatable bonds is 3. The maximum atomic E-state index is 9.68. The summed E-state index contributed by atoms with van der Waals surface area (Å²) in [6, 6.07) is 18.1. The van der Waals surface area contributed by atoms with Crippen LogP contribution in [0.4, 0.5) is 11.5 Å². The molecule has 1 heterocycles. The number of aromatic nitrogens is 1. The number of fused-ring (bicyclic) bond motifs is 1. The van der Waals surface area contributed by atoms with Gasteiger partial charge < -0.3 is 10.0 Å². The lowest BCUT2D eigenvalue weighted by molar-refractivity contribution is 0.282. The molecule has 0 unspecified atom stereocenters. The topological polar surface area (TPSA) is 36.4 Å². The lowest BCUT2D eigenvalue weighted by Crippen LogP contribution is -2.15. The van der Waals surface area contributed by atoms with Crippen molar-refractivity contribution in [2.75, 3.05) is 11.9 Å². The van der Waals surface area contributed by atoms with E-state index in [-0.39, 0.29) is 6.61 Å². The Hall–Kier alpha value is -2.39. The van der Waals surface area contributed by atoms with Crippen LogP contribution in [0.15, 0.2) is 54.6 Å². The molecule has 0 saturated heterocycles. The summed E-state index contributed by atoms with van der Waals surface area (Å²) in [5.41, 5.74) is 4.04. The van der Waals surface area contributed by atoms with Crippen LogP contribution in [-0.2, 0) is 6.61 Å². The first-order chi connectivity index (χ1) is 10.2. The fraction of sp³-hybridized carbons (Fsp3) is 0.167. The van der Waals surface area contributed by atoms with Crippen LogP contribution in [0.25, 0.3) is 10.9 Å². The van der Waals surface area contributed by atoms with Crippen molar-refractivity contribution in [3.63, 3.8) is 0 Å². The third-order valence-electron chi connectivity index (χ3n) is 3.74. The van der Waals surface area contributed by atoms with Crippen LogP contribution in [-0.4, -0.2) is 17.1 Å². The Labute approximate surface area is 124 Å². The Kier molecular flexibility index (Phi) is 3.59. The number of nitrogens with zero attached hydrogens (tertiary/aromatic N) is 2. The van der Waals surface area contributed by atoms with Gasteiger partial charge in [0.15, 0.2) is 0 Å². The van der Waals surface area contributed by atoms with Crippen LogP contribution < -0.4 is 4.90 Å². The van der Waals surface area contributed by atoms with E-state index in [2.05, 4.69) is 19.1 Å². The fourth-order valence-corrected chi connectivity index (χ4v) is 2.61. The average Bonchev–Trinajstić information content (AvgIpc) is 2.53. The summed E-state index contributed by atoms with van der Waals surface area (Å²) in [6.45, 7) is 2.05. The molecular weight excluding hydrogens is 260 g/mol. The average molecular weight is 278 g/mol. The Morgan fingerprint density at radius 1 is 1.05 bits per heavy atom. The van der Waals surface area contributed by atoms with E-state index in [9.17, 15) is 5.11 Å². The SMILES string of the molecule is Cc1ccccc1N(C)c1nc2ccccc2cc1CO. The highest BCUT2D eigenvalue weighted by Crippen LogP contribution is 2.30. The van der Waals surface area contributed by atoms with E-state index in [1.807, 2.05) is 54.4 Å². The van der Waals surface area contributed by atoms with Gasteiger partial charge in [-0.05, 0) is 30.7 Å². The van der Waals surface area contributed by atoms with Gasteiger partial charge >= 0.3 is 0 Å². The number of hydrogen-bond donors (Lipinski definition) is 1. The van der Waals surface area contributed by atoms with Crippen molar-refractivity contribution < 1.29 is 5.11 Å². The second-order valence-corrected chi connectivity index (χ2v) is 5.17. The number of para-hydroxylation sites is 2. The Morgan fingerprint density at radius 3 is 2.52 bits per heavy atom. The standard InChI is InChI=1S/C18H18N2O/c1-13-7-3-6-10-17(13)20(2)18-15(12-21)11-14-8-4-5-9-16(14)19-18/h3-11,21H,12H2,1-2H3. The summed E-state index contributed by atoms with van der Waals surface area (Å²) in [4.78, 5) is 6.76. The van der Waals surface area contributed by atoms with E-state index in [1.54, 1.807) is 0 Å². The molecule has 0 spiro atoms. The van der Waals surface area contributed by atoms with E-state index < -0.39 is 0 Å². The molecule has 0 aliphatic rings. The van der Waals surface area contributed by atoms with Gasteiger partial charge in [0.2, 0.25) is 0 Å². The van der Waals surface area contributed by atoms with E-state index in [0.29, 0.717) is 0 Å². The molecule has 0 aliphatic carbocycles. The molecule has 0 fully saturated rings. The van der Waals surface area contributed by atoms with Gasteiger partial charge in [0.1, 0.15) is 5.82 Å². The van der Waals surface area contributed by atoms with Crippen molar-refractivity contribution >= 4 is 22.4 Å². The summed E-state index contributed by atoms with van der Waals surface area (Å²) >= 11 is 0. The molecule has 2 aromatic carbocycles. The van der Waals surface area contributed by atoms with Gasteiger partial charge in [-0.2, -0.15) is 0 Å². The molecule has 0 bridgehead atoms. The third-order valence-corrected chi connectivity index (χ3v) is 3.74. The number of aliphatic hydroxyl groups is 1. The Morgan fingerprint density at radius 2 is 1.76 bits per heavy atom. The molecule has 21 heavy (non-hydrogen) atoms. The van der Waals surface area contributed by atoms with E-state index in [1.165, 1.54) is 5.56 Å². The van der Waals surface area contributed by atoms with Gasteiger partial charge in [0, 0.05) is 23.7 Å². The monoisotopic (exact) mass is 278 g/mol. The van der Waals surface area contributed by atoms with Crippen molar-refractivity contribution in [1.29, 1.82) is 0 Å². The van der Waals surface area contributed by atoms with Crippen LogP contribution in [0, 0.1) is 6.92 Å². The van der Waals surface area contributed by atoms with Crippen LogP contribution in [0.3, 0.4) is 0 Å². The molecule has 0 atom stereocenters. The second kappa shape index (κ2) is 5.54. The van der Waals surface area contributed by atoms with Crippen molar-refractivity contribution in [2.24, 2.45) is 0 Å². The number of hydrogen-bond acceptors (Lipinski definition) is 3. The van der Waals surface area contributed by atoms with Crippen LogP contribution in [0.2, 0.25) is 0 Å². The zero-order valence-electron chi connectivity index (χ0n) is 12.2. The molecular formula is C18H18N2O. The van der Waals surface area contributed by atoms with Gasteiger partial charge in [-0.3, -0.25) is 0 Å². The van der Waals surface area contributed by atoms with Gasteiger partial charge in [0.05, 0.1) is 12.1 Å². The lowest BCUT2D eigenvalue weighted by Gasteiger charge is -2.23. The van der Waals surface area contributed by atoms with Crippen LogP contribution in [0.5, 0.6) is 0 Å². The largest absolute Gasteiger partial charge is 0.392 e. The molecule has 0 radical (unpaired) electrons. The number of aliphatic hydroxyl groups excluding tert-OH is 1. The number of pyridine rings is 1. The van der Waals surface area contributed by atoms with E-state index >= 15 is 0 Å². The molecule has 1 N–H and O–H groups in total. The van der Waals surface area contributed by atoms with E-state index in [4.69, 9.17) is 4.98 Å². The highest BCUT2D eigenvalue weighted by molar-refractivity contribution is 5.83. The zero-order chi connectivity index (χ0) is 14.8. The van der Waals surface area contributed by atoms with Gasteiger partial charge in [0.25, 0.3) is 0 Å². The van der Waals surface area contributed by atoms with Gasteiger partial charge in [-0.1, -0.05) is 36.4 Å². The molecule has 3 nitrogen and oxygen atoms in total. The minimum absolute atomic E-state index is 0.0244. The predicted molar refractivity (Wildman–Crippen MR) is 86.9 cm³/mol. The smallest absolute Gasteiger partial charge is 0.139 e. The maximum absolute atomic E-state index is 9.68. The molecule has 3 aromatic rings. The zero-order valence-corrected chi connectivity index (χ0v) is 12.2. The summed E-state index contributed by atoms with van der Waals surface area (Å²) in [7, 11) is 1.98. The predicted octanol–water partition coefficient (Wildman–Crippen LogP) is 3.80. The lowest BCUT2D eigenvalue weighted by atomic mass is 10.1. The minimum atomic E-state index is -0.0244. The fourth-order valence-electron chi connectivity index (χ4n) is 2.61. The molecule has 3 heteroatoms. The van der Waals surface area contributed by atoms with E-state index in [0.717, 1.165) is 28.0 Å². The molecule has 0 aliphatic heterocycles. The summed E-state index contributed by atoms with van der Waals surface area (Å²) in [5.74, 6) is 0.797. The first kappa shape index (κ1) is 13.6. The maximum Gasteiger partial charge on any atom is 0.139 e. The number of anilines is 2. The Bertz CT molecular complexity index is 783. The highest BCUT2D eigenvalue weighted by Gasteiger charge is 2.13. The van der Waals surface area contributed by atoms with Crippen LogP contribution >= 0.6 is 0 Å². The quantitative estimate of drug-likeness (QED) is 0.791. The first-order valence-electron chi connectivity index (χ1n) is 6.99.